The predicted octanol–water partition coefficient (Wildman–Crippen LogP) is 3.54. The van der Waals surface area contributed by atoms with Crippen LogP contribution < -0.4 is 4.74 Å². The minimum Gasteiger partial charge on any atom is -0.483 e. The van der Waals surface area contributed by atoms with E-state index in [1.165, 1.54) is 11.1 Å². The number of piperazine rings is 1. The Morgan fingerprint density at radius 1 is 1.00 bits per heavy atom. The van der Waals surface area contributed by atoms with Crippen molar-refractivity contribution in [3.63, 3.8) is 0 Å². The van der Waals surface area contributed by atoms with Crippen LogP contribution in [0.2, 0.25) is 0 Å². The highest BCUT2D eigenvalue weighted by atomic mass is 16.5. The van der Waals surface area contributed by atoms with E-state index in [4.69, 9.17) is 4.74 Å². The van der Waals surface area contributed by atoms with Gasteiger partial charge in [-0.3, -0.25) is 9.69 Å². The van der Waals surface area contributed by atoms with Crippen LogP contribution in [0, 0.1) is 13.8 Å². The summed E-state index contributed by atoms with van der Waals surface area (Å²) in [5.74, 6) is 0.864. The molecule has 1 amide bonds. The molecule has 3 rings (SSSR count). The lowest BCUT2D eigenvalue weighted by molar-refractivity contribution is -0.135. The summed E-state index contributed by atoms with van der Waals surface area (Å²) < 4.78 is 5.76. The van der Waals surface area contributed by atoms with E-state index in [9.17, 15) is 4.79 Å². The number of carbonyl (C=O) groups excluding carboxylic acids is 1. The lowest BCUT2D eigenvalue weighted by Crippen LogP contribution is -2.49. The van der Waals surface area contributed by atoms with Gasteiger partial charge in [-0.05, 0) is 36.6 Å². The third-order valence-corrected chi connectivity index (χ3v) is 5.10. The predicted molar refractivity (Wildman–Crippen MR) is 110 cm³/mol. The maximum absolute atomic E-state index is 12.4. The molecule has 142 valence electrons. The maximum atomic E-state index is 12.4. The van der Waals surface area contributed by atoms with Crippen molar-refractivity contribution in [2.24, 2.45) is 0 Å². The van der Waals surface area contributed by atoms with Gasteiger partial charge in [0.1, 0.15) is 5.75 Å². The summed E-state index contributed by atoms with van der Waals surface area (Å²) in [4.78, 5) is 16.7. The van der Waals surface area contributed by atoms with Gasteiger partial charge in [-0.15, -0.1) is 0 Å². The fourth-order valence-electron chi connectivity index (χ4n) is 3.19. The molecule has 27 heavy (non-hydrogen) atoms. The van der Waals surface area contributed by atoms with E-state index >= 15 is 0 Å². The summed E-state index contributed by atoms with van der Waals surface area (Å²) in [6.45, 7) is 8.41. The van der Waals surface area contributed by atoms with Crippen molar-refractivity contribution in [3.05, 3.63) is 71.3 Å². The summed E-state index contributed by atoms with van der Waals surface area (Å²) in [7, 11) is 0. The Hall–Kier alpha value is -2.59. The van der Waals surface area contributed by atoms with E-state index in [2.05, 4.69) is 42.2 Å². The minimum atomic E-state index is 0.0652. The molecule has 1 fully saturated rings. The minimum absolute atomic E-state index is 0.0652. The van der Waals surface area contributed by atoms with Crippen molar-refractivity contribution < 1.29 is 9.53 Å². The van der Waals surface area contributed by atoms with Crippen molar-refractivity contribution in [3.8, 4) is 5.75 Å². The second-order valence-corrected chi connectivity index (χ2v) is 6.98. The molecule has 0 aromatic heterocycles. The highest BCUT2D eigenvalue weighted by molar-refractivity contribution is 5.78. The van der Waals surface area contributed by atoms with Crippen LogP contribution in [0.3, 0.4) is 0 Å². The Kier molecular flexibility index (Phi) is 6.66. The molecule has 0 atom stereocenters. The van der Waals surface area contributed by atoms with Gasteiger partial charge in [-0.2, -0.15) is 0 Å². The molecule has 0 unspecified atom stereocenters. The molecule has 1 saturated heterocycles. The van der Waals surface area contributed by atoms with E-state index in [0.29, 0.717) is 0 Å². The van der Waals surface area contributed by atoms with Gasteiger partial charge in [0, 0.05) is 32.7 Å². The van der Waals surface area contributed by atoms with Crippen LogP contribution in [0.25, 0.3) is 6.08 Å². The van der Waals surface area contributed by atoms with Gasteiger partial charge in [0.05, 0.1) is 0 Å². The smallest absolute Gasteiger partial charge is 0.260 e. The normalized spacial score (nSPS) is 15.3. The first-order chi connectivity index (χ1) is 13.1. The highest BCUT2D eigenvalue weighted by Crippen LogP contribution is 2.20. The average molecular weight is 364 g/mol. The molecule has 0 aliphatic carbocycles. The lowest BCUT2D eigenvalue weighted by atomic mass is 10.1. The fraction of sp³-hybridized carbons (Fsp3) is 0.348. The molecule has 4 heteroatoms. The standard InChI is InChI=1S/C23H28N2O2/c1-19-8-6-12-22(20(19)2)27-18-23(26)25-16-14-24(15-17-25)13-7-11-21-9-4-3-5-10-21/h3-12H,13-18H2,1-2H3/b11-7+. The van der Waals surface area contributed by atoms with E-state index in [0.717, 1.165) is 44.0 Å². The van der Waals surface area contributed by atoms with E-state index in [1.54, 1.807) is 0 Å². The molecule has 0 radical (unpaired) electrons. The van der Waals surface area contributed by atoms with Crippen LogP contribution in [-0.4, -0.2) is 55.0 Å². The largest absolute Gasteiger partial charge is 0.483 e. The third-order valence-electron chi connectivity index (χ3n) is 5.10. The molecule has 1 heterocycles. The van der Waals surface area contributed by atoms with Crippen LogP contribution >= 0.6 is 0 Å². The van der Waals surface area contributed by atoms with Crippen molar-refractivity contribution in [2.45, 2.75) is 13.8 Å². The van der Waals surface area contributed by atoms with Gasteiger partial charge in [-0.25, -0.2) is 0 Å². The maximum Gasteiger partial charge on any atom is 0.260 e. The van der Waals surface area contributed by atoms with Gasteiger partial charge in [0.2, 0.25) is 0 Å². The number of hydrogen-bond donors (Lipinski definition) is 0. The second-order valence-electron chi connectivity index (χ2n) is 6.98. The molecule has 1 aliphatic rings. The van der Waals surface area contributed by atoms with Gasteiger partial charge in [-0.1, -0.05) is 54.6 Å². The molecule has 2 aromatic rings. The summed E-state index contributed by atoms with van der Waals surface area (Å²) in [5.41, 5.74) is 3.49. The van der Waals surface area contributed by atoms with Crippen LogP contribution in [0.5, 0.6) is 5.75 Å². The Labute approximate surface area is 162 Å². The number of benzene rings is 2. The SMILES string of the molecule is Cc1cccc(OCC(=O)N2CCN(C/C=C/c3ccccc3)CC2)c1C. The number of amides is 1. The third kappa shape index (κ3) is 5.44. The zero-order valence-electron chi connectivity index (χ0n) is 16.2. The number of carbonyl (C=O) groups is 1. The zero-order chi connectivity index (χ0) is 19.1. The number of nitrogens with zero attached hydrogens (tertiary/aromatic N) is 2. The first kappa shape index (κ1) is 19.2. The molecule has 0 saturated carbocycles. The summed E-state index contributed by atoms with van der Waals surface area (Å²) >= 11 is 0. The highest BCUT2D eigenvalue weighted by Gasteiger charge is 2.20. The summed E-state index contributed by atoms with van der Waals surface area (Å²) in [6.07, 6.45) is 4.34. The number of hydrogen-bond acceptors (Lipinski definition) is 3. The van der Waals surface area contributed by atoms with Gasteiger partial charge < -0.3 is 9.64 Å². The van der Waals surface area contributed by atoms with Crippen molar-refractivity contribution >= 4 is 12.0 Å². The van der Waals surface area contributed by atoms with Crippen molar-refractivity contribution in [1.29, 1.82) is 0 Å². The van der Waals surface area contributed by atoms with Crippen molar-refractivity contribution in [1.82, 2.24) is 9.80 Å². The Morgan fingerprint density at radius 3 is 2.48 bits per heavy atom. The number of ether oxygens (including phenoxy) is 1. The van der Waals surface area contributed by atoms with Gasteiger partial charge >= 0.3 is 0 Å². The van der Waals surface area contributed by atoms with Gasteiger partial charge in [0.15, 0.2) is 6.61 Å². The average Bonchev–Trinajstić information content (AvgIpc) is 2.70. The van der Waals surface area contributed by atoms with E-state index < -0.39 is 0 Å². The molecule has 0 bridgehead atoms. The Balaban J connectivity index is 1.41. The lowest BCUT2D eigenvalue weighted by Gasteiger charge is -2.34. The topological polar surface area (TPSA) is 32.8 Å². The summed E-state index contributed by atoms with van der Waals surface area (Å²) in [5, 5.41) is 0. The monoisotopic (exact) mass is 364 g/mol. The summed E-state index contributed by atoms with van der Waals surface area (Å²) in [6, 6.07) is 16.3. The second kappa shape index (κ2) is 9.38. The van der Waals surface area contributed by atoms with Crippen LogP contribution in [0.15, 0.2) is 54.6 Å². The van der Waals surface area contributed by atoms with Crippen LogP contribution in [0.1, 0.15) is 16.7 Å². The number of aryl methyl sites for hydroxylation is 1. The molecular weight excluding hydrogens is 336 g/mol. The first-order valence-corrected chi connectivity index (χ1v) is 9.54. The molecule has 0 spiro atoms. The molecular formula is C23H28N2O2. The molecule has 4 nitrogen and oxygen atoms in total. The van der Waals surface area contributed by atoms with Crippen molar-refractivity contribution in [2.75, 3.05) is 39.3 Å². The van der Waals surface area contributed by atoms with Crippen LogP contribution in [-0.2, 0) is 4.79 Å². The molecule has 0 N–H and O–H groups in total. The Bertz CT molecular complexity index is 778. The molecule has 1 aliphatic heterocycles. The Morgan fingerprint density at radius 2 is 1.74 bits per heavy atom. The first-order valence-electron chi connectivity index (χ1n) is 9.54. The number of rotatable bonds is 6. The zero-order valence-corrected chi connectivity index (χ0v) is 16.2. The van der Waals surface area contributed by atoms with Crippen LogP contribution in [0.4, 0.5) is 0 Å². The van der Waals surface area contributed by atoms with E-state index in [-0.39, 0.29) is 12.5 Å². The fourth-order valence-corrected chi connectivity index (χ4v) is 3.19. The quantitative estimate of drug-likeness (QED) is 0.786. The van der Waals surface area contributed by atoms with Gasteiger partial charge in [0.25, 0.3) is 5.91 Å². The molecule has 2 aromatic carbocycles. The van der Waals surface area contributed by atoms with E-state index in [1.807, 2.05) is 42.2 Å².